The first-order valence-electron chi connectivity index (χ1n) is 5.19. The Balaban J connectivity index is 2.37. The molecule has 0 bridgehead atoms. The lowest BCUT2D eigenvalue weighted by molar-refractivity contribution is 0.0202. The number of aromatic nitrogens is 1. The molecule has 88 valence electrons. The van der Waals surface area contributed by atoms with Crippen LogP contribution >= 0.6 is 0 Å². The highest BCUT2D eigenvalue weighted by molar-refractivity contribution is 7.88. The van der Waals surface area contributed by atoms with Crippen LogP contribution in [-0.2, 0) is 10.0 Å². The Labute approximate surface area is 96.4 Å². The van der Waals surface area contributed by atoms with Gasteiger partial charge in [-0.05, 0) is 17.0 Å². The summed E-state index contributed by atoms with van der Waals surface area (Å²) < 4.78 is 24.7. The SMILES string of the molecule is CC1(C)CN(S(C)(=O)=O)C1c1cccnc1. The first-order valence-corrected chi connectivity index (χ1v) is 7.04. The average Bonchev–Trinajstić information content (AvgIpc) is 2.15. The largest absolute Gasteiger partial charge is 0.264 e. The van der Waals surface area contributed by atoms with E-state index in [1.807, 2.05) is 12.1 Å². The fraction of sp³-hybridized carbons (Fsp3) is 0.545. The predicted octanol–water partition coefficient (Wildman–Crippen LogP) is 1.42. The predicted molar refractivity (Wildman–Crippen MR) is 62.3 cm³/mol. The van der Waals surface area contributed by atoms with Gasteiger partial charge in [0.2, 0.25) is 10.0 Å². The second-order valence-corrected chi connectivity index (χ2v) is 6.92. The van der Waals surface area contributed by atoms with E-state index in [4.69, 9.17) is 0 Å². The second-order valence-electron chi connectivity index (χ2n) is 4.99. The summed E-state index contributed by atoms with van der Waals surface area (Å²) in [5, 5.41) is 0. The van der Waals surface area contributed by atoms with E-state index < -0.39 is 10.0 Å². The van der Waals surface area contributed by atoms with Gasteiger partial charge >= 0.3 is 0 Å². The van der Waals surface area contributed by atoms with Crippen molar-refractivity contribution in [1.29, 1.82) is 0 Å². The highest BCUT2D eigenvalue weighted by Crippen LogP contribution is 2.49. The fourth-order valence-electron chi connectivity index (χ4n) is 2.32. The summed E-state index contributed by atoms with van der Waals surface area (Å²) in [5.74, 6) is 0. The first kappa shape index (κ1) is 11.5. The quantitative estimate of drug-likeness (QED) is 0.785. The zero-order valence-electron chi connectivity index (χ0n) is 9.71. The fourth-order valence-corrected chi connectivity index (χ4v) is 3.68. The molecule has 1 aromatic heterocycles. The molecule has 1 aromatic rings. The molecule has 4 nitrogen and oxygen atoms in total. The van der Waals surface area contributed by atoms with Crippen molar-refractivity contribution >= 4 is 10.0 Å². The summed E-state index contributed by atoms with van der Waals surface area (Å²) in [6.45, 7) is 4.73. The molecule has 0 spiro atoms. The Hall–Kier alpha value is -0.940. The van der Waals surface area contributed by atoms with Crippen molar-refractivity contribution in [2.45, 2.75) is 19.9 Å². The first-order chi connectivity index (χ1) is 7.32. The van der Waals surface area contributed by atoms with E-state index in [1.54, 1.807) is 12.4 Å². The molecule has 1 aliphatic rings. The molecule has 2 rings (SSSR count). The molecule has 0 saturated carbocycles. The van der Waals surface area contributed by atoms with Crippen LogP contribution in [0.5, 0.6) is 0 Å². The minimum Gasteiger partial charge on any atom is -0.264 e. The minimum absolute atomic E-state index is 0.0217. The van der Waals surface area contributed by atoms with Gasteiger partial charge in [-0.2, -0.15) is 4.31 Å². The van der Waals surface area contributed by atoms with Crippen molar-refractivity contribution in [1.82, 2.24) is 9.29 Å². The molecule has 0 aromatic carbocycles. The molecule has 0 amide bonds. The summed E-state index contributed by atoms with van der Waals surface area (Å²) in [7, 11) is -3.13. The van der Waals surface area contributed by atoms with Crippen LogP contribution in [0.3, 0.4) is 0 Å². The maximum absolute atomic E-state index is 11.6. The number of hydrogen-bond acceptors (Lipinski definition) is 3. The van der Waals surface area contributed by atoms with Crippen LogP contribution in [0.1, 0.15) is 25.5 Å². The molecule has 1 saturated heterocycles. The van der Waals surface area contributed by atoms with E-state index in [-0.39, 0.29) is 11.5 Å². The summed E-state index contributed by atoms with van der Waals surface area (Å²) in [4.78, 5) is 4.05. The lowest BCUT2D eigenvalue weighted by atomic mass is 9.74. The Kier molecular flexibility index (Phi) is 2.55. The summed E-state index contributed by atoms with van der Waals surface area (Å²) >= 11 is 0. The molecule has 1 unspecified atom stereocenters. The van der Waals surface area contributed by atoms with Gasteiger partial charge in [0.05, 0.1) is 12.3 Å². The summed E-state index contributed by atoms with van der Waals surface area (Å²) in [6, 6.07) is 3.68. The third kappa shape index (κ3) is 1.85. The van der Waals surface area contributed by atoms with E-state index >= 15 is 0 Å². The Morgan fingerprint density at radius 3 is 2.62 bits per heavy atom. The number of hydrogen-bond donors (Lipinski definition) is 0. The van der Waals surface area contributed by atoms with Gasteiger partial charge in [-0.1, -0.05) is 19.9 Å². The van der Waals surface area contributed by atoms with E-state index in [9.17, 15) is 8.42 Å². The smallest absolute Gasteiger partial charge is 0.211 e. The maximum atomic E-state index is 11.6. The lowest BCUT2D eigenvalue weighted by Gasteiger charge is -2.52. The van der Waals surface area contributed by atoms with Crippen LogP contribution in [0.4, 0.5) is 0 Å². The van der Waals surface area contributed by atoms with Crippen molar-refractivity contribution < 1.29 is 8.42 Å². The van der Waals surface area contributed by atoms with Crippen LogP contribution in [0.15, 0.2) is 24.5 Å². The third-order valence-electron chi connectivity index (χ3n) is 3.02. The number of nitrogens with zero attached hydrogens (tertiary/aromatic N) is 2. The highest BCUT2D eigenvalue weighted by Gasteiger charge is 2.50. The van der Waals surface area contributed by atoms with E-state index in [2.05, 4.69) is 18.8 Å². The van der Waals surface area contributed by atoms with E-state index in [1.165, 1.54) is 10.6 Å². The molecule has 1 atom stereocenters. The van der Waals surface area contributed by atoms with Crippen LogP contribution < -0.4 is 0 Å². The molecule has 0 radical (unpaired) electrons. The van der Waals surface area contributed by atoms with Gasteiger partial charge in [0.25, 0.3) is 0 Å². The Bertz CT molecular complexity index is 482. The van der Waals surface area contributed by atoms with Gasteiger partial charge < -0.3 is 0 Å². The van der Waals surface area contributed by atoms with Gasteiger partial charge in [-0.25, -0.2) is 8.42 Å². The molecule has 0 aliphatic carbocycles. The standard InChI is InChI=1S/C11H16N2O2S/c1-11(2)8-13(16(3,14)15)10(11)9-5-4-6-12-7-9/h4-7,10H,8H2,1-3H3. The summed E-state index contributed by atoms with van der Waals surface area (Å²) in [6.07, 6.45) is 4.69. The monoisotopic (exact) mass is 240 g/mol. The van der Waals surface area contributed by atoms with E-state index in [0.29, 0.717) is 6.54 Å². The molecule has 16 heavy (non-hydrogen) atoms. The summed E-state index contributed by atoms with van der Waals surface area (Å²) in [5.41, 5.74) is 0.940. The van der Waals surface area contributed by atoms with Crippen molar-refractivity contribution in [2.24, 2.45) is 5.41 Å². The Morgan fingerprint density at radius 2 is 2.19 bits per heavy atom. The van der Waals surface area contributed by atoms with Gasteiger partial charge in [0.1, 0.15) is 0 Å². The van der Waals surface area contributed by atoms with Crippen molar-refractivity contribution in [3.8, 4) is 0 Å². The van der Waals surface area contributed by atoms with Crippen molar-refractivity contribution in [3.63, 3.8) is 0 Å². The molecule has 1 fully saturated rings. The molecule has 5 heteroatoms. The molecular formula is C11H16N2O2S. The Morgan fingerprint density at radius 1 is 1.50 bits per heavy atom. The molecular weight excluding hydrogens is 224 g/mol. The number of rotatable bonds is 2. The van der Waals surface area contributed by atoms with Crippen LogP contribution in [0, 0.1) is 5.41 Å². The minimum atomic E-state index is -3.13. The van der Waals surface area contributed by atoms with Gasteiger partial charge in [0, 0.05) is 18.9 Å². The molecule has 1 aliphatic heterocycles. The maximum Gasteiger partial charge on any atom is 0.211 e. The van der Waals surface area contributed by atoms with Gasteiger partial charge in [-0.15, -0.1) is 0 Å². The van der Waals surface area contributed by atoms with Crippen molar-refractivity contribution in [3.05, 3.63) is 30.1 Å². The zero-order valence-corrected chi connectivity index (χ0v) is 10.5. The second kappa shape index (κ2) is 3.53. The van der Waals surface area contributed by atoms with Gasteiger partial charge in [0.15, 0.2) is 0 Å². The highest BCUT2D eigenvalue weighted by atomic mass is 32.2. The normalized spacial score (nSPS) is 25.1. The van der Waals surface area contributed by atoms with Crippen molar-refractivity contribution in [2.75, 3.05) is 12.8 Å². The topological polar surface area (TPSA) is 50.3 Å². The zero-order chi connectivity index (χ0) is 12.0. The van der Waals surface area contributed by atoms with Gasteiger partial charge in [-0.3, -0.25) is 4.98 Å². The van der Waals surface area contributed by atoms with Crippen LogP contribution in [0.2, 0.25) is 0 Å². The molecule has 0 N–H and O–H groups in total. The van der Waals surface area contributed by atoms with E-state index in [0.717, 1.165) is 5.56 Å². The van der Waals surface area contributed by atoms with Crippen LogP contribution in [-0.4, -0.2) is 30.5 Å². The number of sulfonamides is 1. The average molecular weight is 240 g/mol. The lowest BCUT2D eigenvalue weighted by Crippen LogP contribution is -2.57. The number of pyridine rings is 1. The van der Waals surface area contributed by atoms with Crippen LogP contribution in [0.25, 0.3) is 0 Å². The molecule has 2 heterocycles. The third-order valence-corrected chi connectivity index (χ3v) is 4.21.